The molecular formula is C9H9NO4S. The first-order valence-corrected chi connectivity index (χ1v) is 5.15. The molecule has 0 radical (unpaired) electrons. The lowest BCUT2D eigenvalue weighted by molar-refractivity contribution is -0.384. The van der Waals surface area contributed by atoms with E-state index in [0.717, 1.165) is 4.90 Å². The average Bonchev–Trinajstić information content (AvgIpc) is 2.25. The summed E-state index contributed by atoms with van der Waals surface area (Å²) in [4.78, 5) is 20.7. The summed E-state index contributed by atoms with van der Waals surface area (Å²) in [6.45, 7) is 0.738. The summed E-state index contributed by atoms with van der Waals surface area (Å²) < 4.78 is 4.51. The fourth-order valence-corrected chi connectivity index (χ4v) is 1.66. The van der Waals surface area contributed by atoms with Crippen LogP contribution in [0, 0.1) is 10.1 Å². The highest BCUT2D eigenvalue weighted by molar-refractivity contribution is 7.99. The van der Waals surface area contributed by atoms with Crippen LogP contribution in [0.15, 0.2) is 29.2 Å². The summed E-state index contributed by atoms with van der Waals surface area (Å²) in [5.74, 6) is 0.635. The molecule has 6 heteroatoms. The van der Waals surface area contributed by atoms with Gasteiger partial charge in [0.25, 0.3) is 12.2 Å². The lowest BCUT2D eigenvalue weighted by atomic mass is 10.3. The van der Waals surface area contributed by atoms with Gasteiger partial charge in [-0.15, -0.1) is 11.8 Å². The summed E-state index contributed by atoms with van der Waals surface area (Å²) in [5.41, 5.74) is 0.0727. The van der Waals surface area contributed by atoms with Gasteiger partial charge < -0.3 is 4.74 Å². The third-order valence-corrected chi connectivity index (χ3v) is 2.56. The first-order valence-electron chi connectivity index (χ1n) is 4.16. The Morgan fingerprint density at radius 3 is 2.60 bits per heavy atom. The van der Waals surface area contributed by atoms with E-state index in [1.807, 2.05) is 0 Å². The fraction of sp³-hybridized carbons (Fsp3) is 0.222. The highest BCUT2D eigenvalue weighted by atomic mass is 32.2. The molecule has 1 rings (SSSR count). The Hall–Kier alpha value is -1.56. The molecule has 1 aromatic rings. The molecule has 0 spiro atoms. The fourth-order valence-electron chi connectivity index (χ4n) is 0.920. The standard InChI is InChI=1S/C9H9NO4S/c11-7-14-5-6-15-9-3-1-8(2-4-9)10(12)13/h1-4,7H,5-6H2. The van der Waals surface area contributed by atoms with Crippen LogP contribution in [0.1, 0.15) is 0 Å². The van der Waals surface area contributed by atoms with E-state index >= 15 is 0 Å². The Morgan fingerprint density at radius 1 is 1.40 bits per heavy atom. The van der Waals surface area contributed by atoms with E-state index < -0.39 is 4.92 Å². The van der Waals surface area contributed by atoms with Crippen LogP contribution >= 0.6 is 11.8 Å². The van der Waals surface area contributed by atoms with Crippen LogP contribution in [0.4, 0.5) is 5.69 Å². The second-order valence-electron chi connectivity index (χ2n) is 2.57. The smallest absolute Gasteiger partial charge is 0.293 e. The maximum atomic E-state index is 10.4. The number of nitro benzene ring substituents is 1. The summed E-state index contributed by atoms with van der Waals surface area (Å²) >= 11 is 1.47. The molecule has 0 aliphatic carbocycles. The quantitative estimate of drug-likeness (QED) is 0.244. The molecule has 0 aliphatic heterocycles. The normalized spacial score (nSPS) is 9.60. The van der Waals surface area contributed by atoms with Crippen molar-refractivity contribution < 1.29 is 14.5 Å². The maximum Gasteiger partial charge on any atom is 0.293 e. The van der Waals surface area contributed by atoms with Crippen LogP contribution < -0.4 is 0 Å². The highest BCUT2D eigenvalue weighted by Gasteiger charge is 2.03. The van der Waals surface area contributed by atoms with Gasteiger partial charge in [0.05, 0.1) is 4.92 Å². The lowest BCUT2D eigenvalue weighted by Gasteiger charge is -1.99. The minimum atomic E-state index is -0.441. The number of thioether (sulfide) groups is 1. The van der Waals surface area contributed by atoms with E-state index in [2.05, 4.69) is 4.74 Å². The van der Waals surface area contributed by atoms with Crippen LogP contribution in [0.25, 0.3) is 0 Å². The van der Waals surface area contributed by atoms with Gasteiger partial charge in [-0.3, -0.25) is 14.9 Å². The highest BCUT2D eigenvalue weighted by Crippen LogP contribution is 2.20. The summed E-state index contributed by atoms with van der Waals surface area (Å²) in [6, 6.07) is 6.24. The van der Waals surface area contributed by atoms with Gasteiger partial charge in [0.1, 0.15) is 6.61 Å². The molecule has 0 bridgehead atoms. The van der Waals surface area contributed by atoms with Gasteiger partial charge in [-0.2, -0.15) is 0 Å². The van der Waals surface area contributed by atoms with Crippen molar-refractivity contribution in [3.63, 3.8) is 0 Å². The summed E-state index contributed by atoms with van der Waals surface area (Å²) in [7, 11) is 0. The summed E-state index contributed by atoms with van der Waals surface area (Å²) in [6.07, 6.45) is 0. The molecule has 0 atom stereocenters. The van der Waals surface area contributed by atoms with Gasteiger partial charge in [0, 0.05) is 22.8 Å². The average molecular weight is 227 g/mol. The number of hydrogen-bond donors (Lipinski definition) is 0. The molecular weight excluding hydrogens is 218 g/mol. The number of ether oxygens (including phenoxy) is 1. The number of carbonyl (C=O) groups excluding carboxylic acids is 1. The lowest BCUT2D eigenvalue weighted by Crippen LogP contribution is -1.94. The van der Waals surface area contributed by atoms with Gasteiger partial charge >= 0.3 is 0 Å². The van der Waals surface area contributed by atoms with Crippen molar-refractivity contribution in [3.8, 4) is 0 Å². The molecule has 5 nitrogen and oxygen atoms in total. The van der Waals surface area contributed by atoms with Gasteiger partial charge in [0.15, 0.2) is 0 Å². The van der Waals surface area contributed by atoms with Crippen molar-refractivity contribution in [2.75, 3.05) is 12.4 Å². The predicted molar refractivity (Wildman–Crippen MR) is 55.8 cm³/mol. The second-order valence-corrected chi connectivity index (χ2v) is 3.73. The van der Waals surface area contributed by atoms with Gasteiger partial charge in [-0.1, -0.05) is 0 Å². The second kappa shape index (κ2) is 6.02. The maximum absolute atomic E-state index is 10.4. The van der Waals surface area contributed by atoms with E-state index in [9.17, 15) is 14.9 Å². The zero-order valence-electron chi connectivity index (χ0n) is 7.79. The van der Waals surface area contributed by atoms with E-state index in [-0.39, 0.29) is 5.69 Å². The van der Waals surface area contributed by atoms with Crippen molar-refractivity contribution in [2.24, 2.45) is 0 Å². The Morgan fingerprint density at radius 2 is 2.07 bits per heavy atom. The number of rotatable bonds is 6. The number of nitro groups is 1. The molecule has 0 amide bonds. The molecule has 0 saturated carbocycles. The SMILES string of the molecule is O=COCCSc1ccc([N+](=O)[O-])cc1. The zero-order valence-corrected chi connectivity index (χ0v) is 8.61. The summed E-state index contributed by atoms with van der Waals surface area (Å²) in [5, 5.41) is 10.4. The molecule has 0 unspecified atom stereocenters. The molecule has 0 N–H and O–H groups in total. The first kappa shape index (κ1) is 11.5. The van der Waals surface area contributed by atoms with Gasteiger partial charge in [-0.25, -0.2) is 0 Å². The molecule has 1 aromatic carbocycles. The number of carbonyl (C=O) groups is 1. The molecule has 80 valence electrons. The molecule has 15 heavy (non-hydrogen) atoms. The molecule has 0 fully saturated rings. The van der Waals surface area contributed by atoms with Crippen molar-refractivity contribution in [1.29, 1.82) is 0 Å². The van der Waals surface area contributed by atoms with Crippen LogP contribution in [0.3, 0.4) is 0 Å². The minimum Gasteiger partial charge on any atom is -0.467 e. The number of hydrogen-bond acceptors (Lipinski definition) is 5. The third kappa shape index (κ3) is 3.99. The van der Waals surface area contributed by atoms with E-state index in [1.165, 1.54) is 23.9 Å². The monoisotopic (exact) mass is 227 g/mol. The number of non-ortho nitro benzene ring substituents is 1. The van der Waals surface area contributed by atoms with E-state index in [1.54, 1.807) is 12.1 Å². The van der Waals surface area contributed by atoms with Gasteiger partial charge in [0.2, 0.25) is 0 Å². The largest absolute Gasteiger partial charge is 0.467 e. The third-order valence-electron chi connectivity index (χ3n) is 1.59. The topological polar surface area (TPSA) is 69.4 Å². The molecule has 0 aromatic heterocycles. The van der Waals surface area contributed by atoms with Gasteiger partial charge in [-0.05, 0) is 12.1 Å². The van der Waals surface area contributed by atoms with Crippen molar-refractivity contribution in [2.45, 2.75) is 4.90 Å². The molecule has 0 saturated heterocycles. The van der Waals surface area contributed by atoms with Crippen LogP contribution in [-0.2, 0) is 9.53 Å². The minimum absolute atomic E-state index is 0.0727. The Balaban J connectivity index is 2.42. The Bertz CT molecular complexity index is 338. The van der Waals surface area contributed by atoms with E-state index in [4.69, 9.17) is 0 Å². The first-order chi connectivity index (χ1) is 7.24. The molecule has 0 aliphatic rings. The van der Waals surface area contributed by atoms with Crippen LogP contribution in [-0.4, -0.2) is 23.8 Å². The van der Waals surface area contributed by atoms with Crippen molar-refractivity contribution in [3.05, 3.63) is 34.4 Å². The number of benzene rings is 1. The zero-order chi connectivity index (χ0) is 11.1. The van der Waals surface area contributed by atoms with Crippen LogP contribution in [0.5, 0.6) is 0 Å². The predicted octanol–water partition coefficient (Wildman–Crippen LogP) is 1.86. The van der Waals surface area contributed by atoms with Crippen molar-refractivity contribution >= 4 is 23.9 Å². The van der Waals surface area contributed by atoms with Crippen LogP contribution in [0.2, 0.25) is 0 Å². The molecule has 0 heterocycles. The van der Waals surface area contributed by atoms with E-state index in [0.29, 0.717) is 18.8 Å². The Kier molecular flexibility index (Phi) is 4.62. The van der Waals surface area contributed by atoms with Crippen molar-refractivity contribution in [1.82, 2.24) is 0 Å². The Labute approximate surface area is 90.6 Å². The number of nitrogens with zero attached hydrogens (tertiary/aromatic N) is 1.